The molecule has 0 aliphatic carbocycles. The van der Waals surface area contributed by atoms with Gasteiger partial charge in [0, 0.05) is 23.2 Å². The lowest BCUT2D eigenvalue weighted by molar-refractivity contribution is 0.183. The van der Waals surface area contributed by atoms with E-state index in [4.69, 9.17) is 4.74 Å². The molecule has 2 rings (SSSR count). The highest BCUT2D eigenvalue weighted by Crippen LogP contribution is 2.28. The first-order valence-electron chi connectivity index (χ1n) is 3.97. The summed E-state index contributed by atoms with van der Waals surface area (Å²) in [5.41, 5.74) is 0. The number of thiazole rings is 2. The highest BCUT2D eigenvalue weighted by molar-refractivity contribution is 7.11. The summed E-state index contributed by atoms with van der Waals surface area (Å²) in [6.07, 6.45) is 4.74. The van der Waals surface area contributed by atoms with Crippen molar-refractivity contribution in [1.29, 1.82) is 0 Å². The van der Waals surface area contributed by atoms with Crippen molar-refractivity contribution in [3.05, 3.63) is 46.0 Å². The largest absolute Gasteiger partial charge is 0.484 e. The van der Waals surface area contributed by atoms with Crippen LogP contribution in [0, 0.1) is 0 Å². The normalized spacial score (nSPS) is 10.4. The first-order valence-corrected chi connectivity index (χ1v) is 5.73. The van der Waals surface area contributed by atoms with Gasteiger partial charge < -0.3 is 4.74 Å². The lowest BCUT2D eigenvalue weighted by Crippen LogP contribution is -2.01. The molecule has 3 nitrogen and oxygen atoms in total. The quantitative estimate of drug-likeness (QED) is 0.749. The smallest absolute Gasteiger partial charge is 0.200 e. The van der Waals surface area contributed by atoms with Gasteiger partial charge in [0.25, 0.3) is 0 Å². The molecule has 0 aliphatic heterocycles. The number of hydrogen-bond acceptors (Lipinski definition) is 5. The molecule has 0 spiro atoms. The number of aromatic nitrogens is 2. The van der Waals surface area contributed by atoms with Gasteiger partial charge in [-0.05, 0) is 0 Å². The van der Waals surface area contributed by atoms with E-state index in [1.54, 1.807) is 35.1 Å². The Kier molecular flexibility index (Phi) is 2.90. The monoisotopic (exact) mass is 224 g/mol. The Morgan fingerprint density at radius 3 is 2.14 bits per heavy atom. The van der Waals surface area contributed by atoms with E-state index in [1.165, 1.54) is 6.26 Å². The Hall–Kier alpha value is -1.20. The van der Waals surface area contributed by atoms with Crippen LogP contribution < -0.4 is 0 Å². The van der Waals surface area contributed by atoms with E-state index < -0.39 is 0 Å². The summed E-state index contributed by atoms with van der Waals surface area (Å²) in [5.74, 6) is 0. The van der Waals surface area contributed by atoms with Gasteiger partial charge in [-0.1, -0.05) is 6.58 Å². The van der Waals surface area contributed by atoms with Crippen molar-refractivity contribution in [2.24, 2.45) is 0 Å². The molecule has 0 fully saturated rings. The standard InChI is InChI=1S/C9H8N2OS2/c1-2-12-7(8-10-3-5-13-8)9-11-4-6-14-9/h2-7H,1H2. The zero-order valence-corrected chi connectivity index (χ0v) is 8.92. The Balaban J connectivity index is 2.29. The summed E-state index contributed by atoms with van der Waals surface area (Å²) in [4.78, 5) is 8.41. The third kappa shape index (κ3) is 1.83. The van der Waals surface area contributed by atoms with Crippen LogP contribution in [0.25, 0.3) is 0 Å². The summed E-state index contributed by atoms with van der Waals surface area (Å²) >= 11 is 3.10. The van der Waals surface area contributed by atoms with Crippen LogP contribution in [-0.2, 0) is 4.74 Å². The Labute approximate surface area is 89.7 Å². The molecule has 14 heavy (non-hydrogen) atoms. The van der Waals surface area contributed by atoms with Crippen molar-refractivity contribution in [2.45, 2.75) is 6.10 Å². The van der Waals surface area contributed by atoms with E-state index in [0.717, 1.165) is 10.0 Å². The maximum Gasteiger partial charge on any atom is 0.200 e. The van der Waals surface area contributed by atoms with Crippen LogP contribution in [0.15, 0.2) is 36.0 Å². The molecule has 0 amide bonds. The Bertz CT molecular complexity index is 349. The lowest BCUT2D eigenvalue weighted by Gasteiger charge is -2.10. The van der Waals surface area contributed by atoms with Gasteiger partial charge in [-0.15, -0.1) is 22.7 Å². The van der Waals surface area contributed by atoms with Gasteiger partial charge in [-0.2, -0.15) is 0 Å². The summed E-state index contributed by atoms with van der Waals surface area (Å²) in [6.45, 7) is 3.55. The molecule has 0 N–H and O–H groups in total. The Morgan fingerprint density at radius 2 is 1.79 bits per heavy atom. The van der Waals surface area contributed by atoms with Crippen molar-refractivity contribution >= 4 is 22.7 Å². The fraction of sp³-hybridized carbons (Fsp3) is 0.111. The van der Waals surface area contributed by atoms with Crippen LogP contribution in [-0.4, -0.2) is 9.97 Å². The van der Waals surface area contributed by atoms with E-state index in [1.807, 2.05) is 10.8 Å². The van der Waals surface area contributed by atoms with E-state index in [2.05, 4.69) is 16.5 Å². The van der Waals surface area contributed by atoms with Crippen LogP contribution >= 0.6 is 22.7 Å². The molecular weight excluding hydrogens is 216 g/mol. The third-order valence-corrected chi connectivity index (χ3v) is 3.22. The van der Waals surface area contributed by atoms with Crippen LogP contribution in [0.5, 0.6) is 0 Å². The van der Waals surface area contributed by atoms with Gasteiger partial charge in [0.2, 0.25) is 6.10 Å². The van der Waals surface area contributed by atoms with Crippen LogP contribution in [0.3, 0.4) is 0 Å². The summed E-state index contributed by atoms with van der Waals surface area (Å²) in [7, 11) is 0. The second-order valence-corrected chi connectivity index (χ2v) is 4.28. The maximum absolute atomic E-state index is 5.39. The topological polar surface area (TPSA) is 35.0 Å². The zero-order chi connectivity index (χ0) is 9.80. The second-order valence-electron chi connectivity index (χ2n) is 2.42. The molecule has 0 aliphatic rings. The first-order chi connectivity index (χ1) is 6.92. The number of nitrogens with zero attached hydrogens (tertiary/aromatic N) is 2. The van der Waals surface area contributed by atoms with Crippen LogP contribution in [0.1, 0.15) is 16.1 Å². The van der Waals surface area contributed by atoms with E-state index in [-0.39, 0.29) is 6.10 Å². The number of ether oxygens (including phenoxy) is 1. The fourth-order valence-corrected chi connectivity index (χ4v) is 2.47. The summed E-state index contributed by atoms with van der Waals surface area (Å²) in [6, 6.07) is 0. The van der Waals surface area contributed by atoms with Gasteiger partial charge in [-0.3, -0.25) is 0 Å². The molecule has 0 aromatic carbocycles. The van der Waals surface area contributed by atoms with Gasteiger partial charge in [0.05, 0.1) is 6.26 Å². The minimum Gasteiger partial charge on any atom is -0.484 e. The van der Waals surface area contributed by atoms with Gasteiger partial charge in [0.15, 0.2) is 0 Å². The molecule has 0 atom stereocenters. The first kappa shape index (κ1) is 9.36. The van der Waals surface area contributed by atoms with Gasteiger partial charge >= 0.3 is 0 Å². The molecule has 72 valence electrons. The predicted octanol–water partition coefficient (Wildman–Crippen LogP) is 2.85. The zero-order valence-electron chi connectivity index (χ0n) is 7.29. The van der Waals surface area contributed by atoms with Crippen molar-refractivity contribution in [2.75, 3.05) is 0 Å². The van der Waals surface area contributed by atoms with Crippen LogP contribution in [0.4, 0.5) is 0 Å². The Morgan fingerprint density at radius 1 is 1.21 bits per heavy atom. The molecular formula is C9H8N2OS2. The van der Waals surface area contributed by atoms with Crippen molar-refractivity contribution in [3.8, 4) is 0 Å². The average Bonchev–Trinajstić information content (AvgIpc) is 2.87. The van der Waals surface area contributed by atoms with Gasteiger partial charge in [0.1, 0.15) is 10.0 Å². The molecule has 0 radical (unpaired) electrons. The SMILES string of the molecule is C=COC(c1nccs1)c1nccs1. The summed E-state index contributed by atoms with van der Waals surface area (Å²) < 4.78 is 5.39. The minimum atomic E-state index is -0.201. The molecule has 2 heterocycles. The van der Waals surface area contributed by atoms with E-state index in [9.17, 15) is 0 Å². The molecule has 2 aromatic heterocycles. The van der Waals surface area contributed by atoms with Crippen molar-refractivity contribution in [1.82, 2.24) is 9.97 Å². The van der Waals surface area contributed by atoms with Crippen molar-refractivity contribution < 1.29 is 4.74 Å². The molecule has 0 bridgehead atoms. The number of hydrogen-bond donors (Lipinski definition) is 0. The molecule has 2 aromatic rings. The highest BCUT2D eigenvalue weighted by Gasteiger charge is 2.19. The fourth-order valence-electron chi connectivity index (χ4n) is 1.05. The van der Waals surface area contributed by atoms with E-state index >= 15 is 0 Å². The molecule has 5 heteroatoms. The molecule has 0 saturated heterocycles. The third-order valence-electron chi connectivity index (χ3n) is 1.58. The molecule has 0 saturated carbocycles. The second kappa shape index (κ2) is 4.34. The van der Waals surface area contributed by atoms with Crippen LogP contribution in [0.2, 0.25) is 0 Å². The lowest BCUT2D eigenvalue weighted by atomic mass is 10.4. The summed E-state index contributed by atoms with van der Waals surface area (Å²) in [5, 5.41) is 5.64. The van der Waals surface area contributed by atoms with Gasteiger partial charge in [-0.25, -0.2) is 9.97 Å². The average molecular weight is 224 g/mol. The van der Waals surface area contributed by atoms with E-state index in [0.29, 0.717) is 0 Å². The maximum atomic E-state index is 5.39. The molecule has 0 unspecified atom stereocenters. The minimum absolute atomic E-state index is 0.201. The van der Waals surface area contributed by atoms with Crippen molar-refractivity contribution in [3.63, 3.8) is 0 Å². The highest BCUT2D eigenvalue weighted by atomic mass is 32.1. The number of rotatable bonds is 4. The predicted molar refractivity (Wildman–Crippen MR) is 57.4 cm³/mol.